The Morgan fingerprint density at radius 1 is 1.22 bits per heavy atom. The zero-order chi connectivity index (χ0) is 12.7. The molecule has 0 atom stereocenters. The molecule has 1 heterocycles. The molecule has 0 unspecified atom stereocenters. The van der Waals surface area contributed by atoms with Crippen LogP contribution in [-0.2, 0) is 12.8 Å². The Hall–Kier alpha value is -1.28. The highest BCUT2D eigenvalue weighted by molar-refractivity contribution is 6.31. The summed E-state index contributed by atoms with van der Waals surface area (Å²) < 4.78 is 0. The summed E-state index contributed by atoms with van der Waals surface area (Å²) in [6.45, 7) is 2.08. The minimum Gasteiger partial charge on any atom is -0.387 e. The van der Waals surface area contributed by atoms with Gasteiger partial charge < -0.3 is 5.32 Å². The maximum Gasteiger partial charge on any atom is 0.0756 e. The monoisotopic (exact) mass is 260 g/mol. The lowest BCUT2D eigenvalue weighted by molar-refractivity contribution is 0.672. The molecule has 94 valence electrons. The van der Waals surface area contributed by atoms with E-state index in [1.807, 2.05) is 19.2 Å². The van der Waals surface area contributed by atoms with Crippen LogP contribution >= 0.6 is 11.6 Å². The number of nitrogens with zero attached hydrogens (tertiary/aromatic N) is 1. The van der Waals surface area contributed by atoms with Gasteiger partial charge in [-0.1, -0.05) is 11.6 Å². The third-order valence-corrected chi connectivity index (χ3v) is 3.99. The molecular formula is C15H17ClN2. The fourth-order valence-electron chi connectivity index (χ4n) is 2.94. The normalized spacial score (nSPS) is 14.6. The number of fused-ring (bicyclic) bond motifs is 2. The molecule has 2 nitrogen and oxygen atoms in total. The molecule has 0 aliphatic heterocycles. The third-order valence-electron chi connectivity index (χ3n) is 3.77. The van der Waals surface area contributed by atoms with E-state index in [2.05, 4.69) is 12.2 Å². The summed E-state index contributed by atoms with van der Waals surface area (Å²) in [7, 11) is 1.99. The zero-order valence-corrected chi connectivity index (χ0v) is 11.6. The van der Waals surface area contributed by atoms with E-state index in [1.54, 1.807) is 0 Å². The predicted molar refractivity (Wildman–Crippen MR) is 77.7 cm³/mol. The fourth-order valence-corrected chi connectivity index (χ4v) is 3.21. The highest BCUT2D eigenvalue weighted by Gasteiger charge is 2.18. The van der Waals surface area contributed by atoms with Crippen LogP contribution in [0.4, 0.5) is 5.69 Å². The molecule has 2 aromatic rings. The van der Waals surface area contributed by atoms with Crippen LogP contribution in [-0.4, -0.2) is 12.0 Å². The van der Waals surface area contributed by atoms with Crippen molar-refractivity contribution in [1.82, 2.24) is 4.98 Å². The first-order valence-electron chi connectivity index (χ1n) is 6.50. The van der Waals surface area contributed by atoms with Gasteiger partial charge in [0.05, 0.1) is 5.52 Å². The van der Waals surface area contributed by atoms with Gasteiger partial charge in [0.1, 0.15) is 0 Å². The van der Waals surface area contributed by atoms with Crippen molar-refractivity contribution in [3.8, 4) is 0 Å². The molecule has 0 fully saturated rings. The highest BCUT2D eigenvalue weighted by Crippen LogP contribution is 2.35. The Kier molecular flexibility index (Phi) is 2.90. The molecule has 1 aliphatic rings. The van der Waals surface area contributed by atoms with Gasteiger partial charge >= 0.3 is 0 Å². The van der Waals surface area contributed by atoms with E-state index < -0.39 is 0 Å². The molecular weight excluding hydrogens is 244 g/mol. The van der Waals surface area contributed by atoms with Crippen molar-refractivity contribution in [2.24, 2.45) is 0 Å². The first-order chi connectivity index (χ1) is 8.70. The second-order valence-corrected chi connectivity index (χ2v) is 5.42. The summed E-state index contributed by atoms with van der Waals surface area (Å²) in [5, 5.41) is 5.30. The van der Waals surface area contributed by atoms with E-state index in [9.17, 15) is 0 Å². The van der Waals surface area contributed by atoms with E-state index in [0.29, 0.717) is 0 Å². The Bertz CT molecular complexity index is 620. The van der Waals surface area contributed by atoms with Gasteiger partial charge in [-0.15, -0.1) is 0 Å². The molecule has 0 spiro atoms. The van der Waals surface area contributed by atoms with Crippen molar-refractivity contribution in [3.63, 3.8) is 0 Å². The Morgan fingerprint density at radius 2 is 2.00 bits per heavy atom. The van der Waals surface area contributed by atoms with Crippen molar-refractivity contribution >= 4 is 28.2 Å². The summed E-state index contributed by atoms with van der Waals surface area (Å²) >= 11 is 6.18. The molecule has 1 aromatic heterocycles. The average molecular weight is 261 g/mol. The number of rotatable bonds is 1. The number of halogens is 1. The van der Waals surface area contributed by atoms with Gasteiger partial charge in [-0.05, 0) is 55.9 Å². The maximum absolute atomic E-state index is 6.18. The van der Waals surface area contributed by atoms with Crippen LogP contribution in [0, 0.1) is 6.92 Å². The van der Waals surface area contributed by atoms with Gasteiger partial charge in [0.25, 0.3) is 0 Å². The van der Waals surface area contributed by atoms with Crippen LogP contribution in [0.25, 0.3) is 10.9 Å². The van der Waals surface area contributed by atoms with E-state index in [0.717, 1.165) is 34.3 Å². The number of aromatic nitrogens is 1. The van der Waals surface area contributed by atoms with Gasteiger partial charge in [-0.3, -0.25) is 4.98 Å². The average Bonchev–Trinajstić information content (AvgIpc) is 2.36. The number of hydrogen-bond donors (Lipinski definition) is 1. The Labute approximate surface area is 112 Å². The van der Waals surface area contributed by atoms with Crippen LogP contribution < -0.4 is 5.32 Å². The topological polar surface area (TPSA) is 24.9 Å². The van der Waals surface area contributed by atoms with Crippen LogP contribution in [0.15, 0.2) is 12.1 Å². The van der Waals surface area contributed by atoms with Gasteiger partial charge in [0, 0.05) is 28.8 Å². The zero-order valence-electron chi connectivity index (χ0n) is 10.8. The van der Waals surface area contributed by atoms with Crippen LogP contribution in [0.5, 0.6) is 0 Å². The number of anilines is 1. The fraction of sp³-hybridized carbons (Fsp3) is 0.400. The van der Waals surface area contributed by atoms with Gasteiger partial charge in [0.15, 0.2) is 0 Å². The molecule has 1 aliphatic carbocycles. The number of pyridine rings is 1. The van der Waals surface area contributed by atoms with Crippen LogP contribution in [0.1, 0.15) is 29.7 Å². The summed E-state index contributed by atoms with van der Waals surface area (Å²) in [5.74, 6) is 0. The van der Waals surface area contributed by atoms with Crippen LogP contribution in [0.3, 0.4) is 0 Å². The highest BCUT2D eigenvalue weighted by atomic mass is 35.5. The second-order valence-electron chi connectivity index (χ2n) is 4.99. The van der Waals surface area contributed by atoms with Crippen molar-refractivity contribution < 1.29 is 0 Å². The molecule has 1 aromatic carbocycles. The van der Waals surface area contributed by atoms with Crippen LogP contribution in [0.2, 0.25) is 5.02 Å². The number of nitrogens with one attached hydrogen (secondary N) is 1. The second kappa shape index (κ2) is 4.43. The van der Waals surface area contributed by atoms with Crippen molar-refractivity contribution in [2.75, 3.05) is 12.4 Å². The lowest BCUT2D eigenvalue weighted by Crippen LogP contribution is -2.10. The summed E-state index contributed by atoms with van der Waals surface area (Å²) in [6.07, 6.45) is 4.73. The number of benzene rings is 1. The lowest BCUT2D eigenvalue weighted by atomic mass is 9.92. The summed E-state index contributed by atoms with van der Waals surface area (Å²) in [6, 6.07) is 4.02. The van der Waals surface area contributed by atoms with E-state index in [4.69, 9.17) is 16.6 Å². The first kappa shape index (κ1) is 11.8. The van der Waals surface area contributed by atoms with E-state index in [-0.39, 0.29) is 0 Å². The van der Waals surface area contributed by atoms with E-state index >= 15 is 0 Å². The van der Waals surface area contributed by atoms with Gasteiger partial charge in [0.2, 0.25) is 0 Å². The van der Waals surface area contributed by atoms with Crippen molar-refractivity contribution in [1.29, 1.82) is 0 Å². The first-order valence-corrected chi connectivity index (χ1v) is 6.88. The molecule has 0 bridgehead atoms. The van der Waals surface area contributed by atoms with Crippen molar-refractivity contribution in [3.05, 3.63) is 34.0 Å². The number of hydrogen-bond acceptors (Lipinski definition) is 2. The third kappa shape index (κ3) is 1.76. The maximum atomic E-state index is 6.18. The van der Waals surface area contributed by atoms with Crippen molar-refractivity contribution in [2.45, 2.75) is 32.6 Å². The molecule has 3 rings (SSSR count). The Balaban J connectivity index is 2.40. The predicted octanol–water partition coefficient (Wildman–Crippen LogP) is 4.12. The molecule has 0 saturated carbocycles. The summed E-state index contributed by atoms with van der Waals surface area (Å²) in [5.41, 5.74) is 6.12. The lowest BCUT2D eigenvalue weighted by Gasteiger charge is -2.21. The molecule has 0 amide bonds. The quantitative estimate of drug-likeness (QED) is 0.834. The molecule has 0 saturated heterocycles. The molecule has 1 N–H and O–H groups in total. The standard InChI is InChI=1S/C15H17ClN2/c1-9-7-10(16)8-12-14(9)18-13-6-4-3-5-11(13)15(12)17-2/h7-8H,3-6H2,1-2H3,(H,17,18). The van der Waals surface area contributed by atoms with Gasteiger partial charge in [-0.2, -0.15) is 0 Å². The molecule has 3 heteroatoms. The largest absolute Gasteiger partial charge is 0.387 e. The summed E-state index contributed by atoms with van der Waals surface area (Å²) in [4.78, 5) is 4.87. The minimum atomic E-state index is 0.786. The Morgan fingerprint density at radius 3 is 2.78 bits per heavy atom. The van der Waals surface area contributed by atoms with E-state index in [1.165, 1.54) is 29.8 Å². The molecule has 18 heavy (non-hydrogen) atoms. The minimum absolute atomic E-state index is 0.786. The van der Waals surface area contributed by atoms with Gasteiger partial charge in [-0.25, -0.2) is 0 Å². The smallest absolute Gasteiger partial charge is 0.0756 e. The SMILES string of the molecule is CNc1c2c(nc3c(C)cc(Cl)cc13)CCCC2. The number of aryl methyl sites for hydroxylation is 2. The molecule has 0 radical (unpaired) electrons.